The number of aliphatic imine (C=N–C) groups is 1. The van der Waals surface area contributed by atoms with Gasteiger partial charge in [-0.25, -0.2) is 9.79 Å². The van der Waals surface area contributed by atoms with Crippen LogP contribution in [-0.2, 0) is 39.3 Å². The number of morpholine rings is 1. The Balaban J connectivity index is 1.61. The first-order valence-corrected chi connectivity index (χ1v) is 15.5. The fraction of sp³-hybridized carbons (Fsp3) is 0.548. The maximum atomic E-state index is 13.9. The Labute approximate surface area is 275 Å². The van der Waals surface area contributed by atoms with Gasteiger partial charge in [-0.1, -0.05) is 6.92 Å². The Bertz CT molecular complexity index is 1510. The molecule has 49 heavy (non-hydrogen) atoms. The molecule has 1 fully saturated rings. The number of benzene rings is 2. The van der Waals surface area contributed by atoms with Gasteiger partial charge < -0.3 is 14.3 Å². The fourth-order valence-corrected chi connectivity index (χ4v) is 6.17. The van der Waals surface area contributed by atoms with Crippen molar-refractivity contribution in [3.63, 3.8) is 0 Å². The van der Waals surface area contributed by atoms with Gasteiger partial charge in [0.05, 0.1) is 48.7 Å². The smallest absolute Gasteiger partial charge is 0.416 e. The molecule has 3 aliphatic heterocycles. The van der Waals surface area contributed by atoms with Crippen LogP contribution >= 0.6 is 0 Å². The van der Waals surface area contributed by atoms with Gasteiger partial charge in [-0.05, 0) is 67.3 Å². The minimum absolute atomic E-state index is 0.00116. The number of nitrogens with one attached hydrogen (secondary N) is 2. The van der Waals surface area contributed by atoms with Crippen LogP contribution in [0.25, 0.3) is 0 Å². The number of alkyl halides is 9. The quantitative estimate of drug-likeness (QED) is 0.296. The van der Waals surface area contributed by atoms with E-state index in [1.54, 1.807) is 13.8 Å². The zero-order valence-corrected chi connectivity index (χ0v) is 26.4. The van der Waals surface area contributed by atoms with Gasteiger partial charge in [0.2, 0.25) is 11.7 Å². The summed E-state index contributed by atoms with van der Waals surface area (Å²) in [6, 6.07) is 2.23. The van der Waals surface area contributed by atoms with Crippen molar-refractivity contribution in [1.82, 2.24) is 15.7 Å². The molecule has 3 atom stereocenters. The van der Waals surface area contributed by atoms with E-state index >= 15 is 0 Å². The highest BCUT2D eigenvalue weighted by Gasteiger charge is 2.46. The normalized spacial score (nSPS) is 23.6. The van der Waals surface area contributed by atoms with Gasteiger partial charge in [-0.3, -0.25) is 15.1 Å². The molecule has 0 aliphatic carbocycles. The fourth-order valence-electron chi connectivity index (χ4n) is 6.17. The third kappa shape index (κ3) is 8.41. The number of anilines is 1. The van der Waals surface area contributed by atoms with E-state index in [1.807, 2.05) is 4.90 Å². The van der Waals surface area contributed by atoms with Gasteiger partial charge in [-0.15, -0.1) is 5.48 Å². The van der Waals surface area contributed by atoms with Crippen molar-refractivity contribution in [3.8, 4) is 0 Å². The minimum atomic E-state index is -5.12. The van der Waals surface area contributed by atoms with Crippen LogP contribution in [0, 0.1) is 0 Å². The number of carbonyl (C=O) groups excluding carboxylic acids is 1. The second-order valence-electron chi connectivity index (χ2n) is 11.9. The lowest BCUT2D eigenvalue weighted by atomic mass is 9.88. The van der Waals surface area contributed by atoms with Gasteiger partial charge in [-0.2, -0.15) is 39.5 Å². The average molecular weight is 712 g/mol. The van der Waals surface area contributed by atoms with E-state index in [2.05, 4.69) is 15.8 Å². The van der Waals surface area contributed by atoms with Gasteiger partial charge in [0.25, 0.3) is 0 Å². The Hall–Kier alpha value is -3.61. The van der Waals surface area contributed by atoms with E-state index in [0.29, 0.717) is 44.9 Å². The number of hydrogen-bond donors (Lipinski definition) is 2. The number of carbonyl (C=O) groups is 1. The predicted octanol–water partition coefficient (Wildman–Crippen LogP) is 6.68. The highest BCUT2D eigenvalue weighted by atomic mass is 19.4. The summed E-state index contributed by atoms with van der Waals surface area (Å²) < 4.78 is 135. The monoisotopic (exact) mass is 711 g/mol. The second kappa shape index (κ2) is 14.0. The van der Waals surface area contributed by atoms with Gasteiger partial charge in [0.15, 0.2) is 0 Å². The summed E-state index contributed by atoms with van der Waals surface area (Å²) in [5, 5.41) is 3.08. The molecule has 2 aromatic rings. The third-order valence-corrected chi connectivity index (χ3v) is 8.43. The van der Waals surface area contributed by atoms with E-state index in [4.69, 9.17) is 14.3 Å². The standard InChI is InChI=1S/C31H34F9N5O4/c1-3-22-15-24(23-14-19(29(32,33)34)5-6-25(23)45(22)27(46)48-4-2)41-28(42-26(49-43-28)17-44-7-9-47-10-8-44)16-18-11-20(30(35,36)37)13-21(12-18)31(38,39)40/h5-6,11-14,22,24,41,43H,3-4,7-10,15-17H2,1-2H3/t22-,24+,28?/m1/s1. The van der Waals surface area contributed by atoms with Crippen molar-refractivity contribution in [1.29, 1.82) is 0 Å². The number of hydrogen-bond acceptors (Lipinski definition) is 8. The molecule has 0 spiro atoms. The zero-order chi connectivity index (χ0) is 35.8. The largest absolute Gasteiger partial charge is 0.449 e. The second-order valence-corrected chi connectivity index (χ2v) is 11.9. The first-order chi connectivity index (χ1) is 22.9. The Morgan fingerprint density at radius 1 is 0.959 bits per heavy atom. The molecular formula is C31H34F9N5O4. The summed E-state index contributed by atoms with van der Waals surface area (Å²) in [5.41, 5.74) is -1.85. The number of nitrogens with zero attached hydrogens (tertiary/aromatic N) is 3. The first kappa shape index (κ1) is 36.7. The maximum Gasteiger partial charge on any atom is 0.416 e. The molecule has 3 aliphatic rings. The molecule has 3 heterocycles. The summed E-state index contributed by atoms with van der Waals surface area (Å²) in [6.45, 7) is 5.20. The number of amides is 1. The van der Waals surface area contributed by atoms with Crippen LogP contribution < -0.4 is 15.7 Å². The average Bonchev–Trinajstić information content (AvgIpc) is 3.40. The molecule has 9 nitrogen and oxygen atoms in total. The topological polar surface area (TPSA) is 87.7 Å². The molecule has 2 aromatic carbocycles. The van der Waals surface area contributed by atoms with E-state index in [1.165, 1.54) is 4.90 Å². The molecule has 0 radical (unpaired) electrons. The summed E-state index contributed by atoms with van der Waals surface area (Å²) in [5.74, 6) is -1.91. The van der Waals surface area contributed by atoms with Crippen LogP contribution in [0.4, 0.5) is 50.0 Å². The van der Waals surface area contributed by atoms with Crippen LogP contribution in [0.5, 0.6) is 0 Å². The molecule has 1 saturated heterocycles. The molecule has 5 rings (SSSR count). The lowest BCUT2D eigenvalue weighted by Gasteiger charge is -2.42. The van der Waals surface area contributed by atoms with E-state index in [-0.39, 0.29) is 42.8 Å². The summed E-state index contributed by atoms with van der Waals surface area (Å²) in [7, 11) is 0. The predicted molar refractivity (Wildman–Crippen MR) is 157 cm³/mol. The molecule has 0 aromatic heterocycles. The molecular weight excluding hydrogens is 677 g/mol. The summed E-state index contributed by atoms with van der Waals surface area (Å²) in [4.78, 5) is 26.4. The molecule has 2 N–H and O–H groups in total. The van der Waals surface area contributed by atoms with Crippen molar-refractivity contribution in [2.45, 2.75) is 69.5 Å². The minimum Gasteiger partial charge on any atom is -0.449 e. The van der Waals surface area contributed by atoms with Gasteiger partial charge in [0, 0.05) is 31.6 Å². The van der Waals surface area contributed by atoms with Crippen molar-refractivity contribution in [3.05, 3.63) is 64.2 Å². The van der Waals surface area contributed by atoms with Crippen LogP contribution in [0.15, 0.2) is 41.4 Å². The Morgan fingerprint density at radius 3 is 2.16 bits per heavy atom. The SMILES string of the molecule is CCOC(=O)N1c2ccc(C(F)(F)F)cc2[C@@H](NC2(Cc3cc(C(F)(F)F)cc(C(F)(F)F)c3)N=C(CN3CCOCC3)ON2)C[C@H]1CC. The van der Waals surface area contributed by atoms with Crippen LogP contribution in [0.3, 0.4) is 0 Å². The number of halogens is 9. The molecule has 18 heteroatoms. The van der Waals surface area contributed by atoms with E-state index in [0.717, 1.165) is 18.2 Å². The van der Waals surface area contributed by atoms with Crippen LogP contribution in [0.2, 0.25) is 0 Å². The van der Waals surface area contributed by atoms with Gasteiger partial charge >= 0.3 is 24.6 Å². The number of ether oxygens (including phenoxy) is 2. The number of fused-ring (bicyclic) bond motifs is 1. The lowest BCUT2D eigenvalue weighted by molar-refractivity contribution is -0.143. The summed E-state index contributed by atoms with van der Waals surface area (Å²) in [6.07, 6.45) is -16.2. The van der Waals surface area contributed by atoms with Crippen molar-refractivity contribution in [2.75, 3.05) is 44.4 Å². The molecule has 0 saturated carbocycles. The highest BCUT2D eigenvalue weighted by Crippen LogP contribution is 2.44. The van der Waals surface area contributed by atoms with E-state index in [9.17, 15) is 44.3 Å². The maximum absolute atomic E-state index is 13.9. The molecule has 1 amide bonds. The van der Waals surface area contributed by atoms with Crippen molar-refractivity contribution < 1.29 is 58.6 Å². The molecule has 270 valence electrons. The highest BCUT2D eigenvalue weighted by molar-refractivity contribution is 5.90. The van der Waals surface area contributed by atoms with Crippen molar-refractivity contribution in [2.24, 2.45) is 4.99 Å². The summed E-state index contributed by atoms with van der Waals surface area (Å²) >= 11 is 0. The number of hydroxylamine groups is 1. The Morgan fingerprint density at radius 2 is 1.59 bits per heavy atom. The van der Waals surface area contributed by atoms with Crippen LogP contribution in [-0.4, -0.2) is 68.2 Å². The van der Waals surface area contributed by atoms with E-state index < -0.39 is 71.2 Å². The van der Waals surface area contributed by atoms with Crippen LogP contribution in [0.1, 0.15) is 60.5 Å². The van der Waals surface area contributed by atoms with Crippen molar-refractivity contribution >= 4 is 17.7 Å². The first-order valence-electron chi connectivity index (χ1n) is 15.5. The lowest BCUT2D eigenvalue weighted by Crippen LogP contribution is -2.57. The molecule has 0 bridgehead atoms. The third-order valence-electron chi connectivity index (χ3n) is 8.43. The molecule has 1 unspecified atom stereocenters. The number of rotatable bonds is 8. The zero-order valence-electron chi connectivity index (χ0n) is 26.4. The van der Waals surface area contributed by atoms with Gasteiger partial charge in [0.1, 0.15) is 0 Å². The Kier molecular flexibility index (Phi) is 10.4.